The van der Waals surface area contributed by atoms with E-state index in [0.29, 0.717) is 0 Å². The van der Waals surface area contributed by atoms with Gasteiger partial charge in [0.2, 0.25) is 0 Å². The van der Waals surface area contributed by atoms with Crippen molar-refractivity contribution in [3.63, 3.8) is 0 Å². The normalized spacial score (nSPS) is 11.9. The summed E-state index contributed by atoms with van der Waals surface area (Å²) in [6.07, 6.45) is 0. The fourth-order valence-electron chi connectivity index (χ4n) is 9.02. The van der Waals surface area contributed by atoms with Crippen molar-refractivity contribution < 1.29 is 4.42 Å². The largest absolute Gasteiger partial charge is 0.453 e. The molecule has 2 heterocycles. The highest BCUT2D eigenvalue weighted by molar-refractivity contribution is 7.26. The lowest BCUT2D eigenvalue weighted by atomic mass is 9.95. The molecule has 0 spiro atoms. The number of benzene rings is 10. The van der Waals surface area contributed by atoms with Crippen LogP contribution in [0.1, 0.15) is 0 Å². The molecule has 0 aliphatic rings. The predicted octanol–water partition coefficient (Wildman–Crippen LogP) is 16.2. The zero-order chi connectivity index (χ0) is 37.5. The Hall–Kier alpha value is -7.20. The molecule has 0 unspecified atom stereocenters. The summed E-state index contributed by atoms with van der Waals surface area (Å²) < 4.78 is 9.94. The van der Waals surface area contributed by atoms with Crippen LogP contribution in [0.15, 0.2) is 205 Å². The van der Waals surface area contributed by atoms with E-state index in [0.717, 1.165) is 55.5 Å². The smallest absolute Gasteiger partial charge is 0.160 e. The van der Waals surface area contributed by atoms with E-state index in [2.05, 4.69) is 205 Å². The topological polar surface area (TPSA) is 16.4 Å². The van der Waals surface area contributed by atoms with Crippen LogP contribution < -0.4 is 4.90 Å². The van der Waals surface area contributed by atoms with Gasteiger partial charge in [0.25, 0.3) is 0 Å². The van der Waals surface area contributed by atoms with Gasteiger partial charge < -0.3 is 9.32 Å². The molecule has 0 aliphatic carbocycles. The maximum absolute atomic E-state index is 7.31. The zero-order valence-corrected chi connectivity index (χ0v) is 31.6. The molecule has 0 radical (unpaired) electrons. The van der Waals surface area contributed by atoms with Gasteiger partial charge in [0.15, 0.2) is 5.58 Å². The van der Waals surface area contributed by atoms with Crippen LogP contribution in [0.3, 0.4) is 0 Å². The summed E-state index contributed by atoms with van der Waals surface area (Å²) in [5.41, 5.74) is 9.57. The number of thiophene rings is 1. The van der Waals surface area contributed by atoms with Gasteiger partial charge in [0.1, 0.15) is 5.58 Å². The van der Waals surface area contributed by atoms with Crippen molar-refractivity contribution in [2.75, 3.05) is 4.90 Å². The fourth-order valence-corrected chi connectivity index (χ4v) is 10.3. The van der Waals surface area contributed by atoms with E-state index in [1.54, 1.807) is 0 Å². The van der Waals surface area contributed by atoms with E-state index in [4.69, 9.17) is 4.42 Å². The van der Waals surface area contributed by atoms with Crippen LogP contribution >= 0.6 is 11.3 Å². The molecule has 2 aromatic heterocycles. The van der Waals surface area contributed by atoms with Gasteiger partial charge in [-0.2, -0.15) is 0 Å². The van der Waals surface area contributed by atoms with Crippen molar-refractivity contribution in [2.24, 2.45) is 0 Å². The molecular formula is C54H33NOS. The average molecular weight is 744 g/mol. The van der Waals surface area contributed by atoms with Crippen molar-refractivity contribution in [3.8, 4) is 22.3 Å². The molecule has 12 aromatic rings. The Bertz CT molecular complexity index is 3520. The summed E-state index contributed by atoms with van der Waals surface area (Å²) in [5.74, 6) is 0. The van der Waals surface area contributed by atoms with Crippen molar-refractivity contribution in [3.05, 3.63) is 200 Å². The summed E-state index contributed by atoms with van der Waals surface area (Å²) in [6.45, 7) is 0. The fraction of sp³-hybridized carbons (Fsp3) is 0. The van der Waals surface area contributed by atoms with E-state index in [1.807, 2.05) is 11.3 Å². The van der Waals surface area contributed by atoms with E-state index >= 15 is 0 Å². The van der Waals surface area contributed by atoms with E-state index < -0.39 is 0 Å². The van der Waals surface area contributed by atoms with Crippen molar-refractivity contribution in [2.45, 2.75) is 0 Å². The van der Waals surface area contributed by atoms with Gasteiger partial charge in [0.05, 0.1) is 5.69 Å². The third-order valence-corrected chi connectivity index (χ3v) is 12.9. The minimum absolute atomic E-state index is 0.861. The highest BCUT2D eigenvalue weighted by Crippen LogP contribution is 2.50. The van der Waals surface area contributed by atoms with Crippen molar-refractivity contribution in [1.82, 2.24) is 0 Å². The van der Waals surface area contributed by atoms with Crippen molar-refractivity contribution >= 4 is 103 Å². The lowest BCUT2D eigenvalue weighted by Gasteiger charge is -2.28. The molecule has 3 heteroatoms. The standard InChI is InChI=1S/C54H33NOS/c1-2-14-35(15-3-1)40-31-32-48-50-45-20-8-6-17-42(45)43-18-7-9-21-46(43)52(50)56-53(48)51(40)55(39-30-25-34-13-4-5-16-37(34)33-39)38-28-26-36(27-29-38)41-22-12-23-47-44-19-10-11-24-49(44)57-54(41)47/h1-33H. The van der Waals surface area contributed by atoms with Crippen LogP contribution in [0.2, 0.25) is 0 Å². The quantitative estimate of drug-likeness (QED) is 0.163. The first-order valence-electron chi connectivity index (χ1n) is 19.4. The third-order valence-electron chi connectivity index (χ3n) is 11.6. The summed E-state index contributed by atoms with van der Waals surface area (Å²) in [5, 5.41) is 12.0. The molecule has 0 amide bonds. The first kappa shape index (κ1) is 32.1. The molecule has 0 atom stereocenters. The molecule has 2 nitrogen and oxygen atoms in total. The Kier molecular flexibility index (Phi) is 7.13. The molecule has 0 aliphatic heterocycles. The Morgan fingerprint density at radius 3 is 1.82 bits per heavy atom. The molecule has 0 saturated heterocycles. The van der Waals surface area contributed by atoms with Crippen molar-refractivity contribution in [1.29, 1.82) is 0 Å². The Labute approximate surface area is 333 Å². The SMILES string of the molecule is c1ccc(-c2ccc3c(oc4c5ccccc5c5ccccc5c34)c2N(c2ccc(-c3cccc4c3sc3ccccc34)cc2)c2ccc3ccccc3c2)cc1. The lowest BCUT2D eigenvalue weighted by Crippen LogP contribution is -2.11. The predicted molar refractivity (Wildman–Crippen MR) is 245 cm³/mol. The van der Waals surface area contributed by atoms with Gasteiger partial charge in [0, 0.05) is 53.3 Å². The highest BCUT2D eigenvalue weighted by atomic mass is 32.1. The molecule has 10 aromatic carbocycles. The second-order valence-electron chi connectivity index (χ2n) is 14.8. The molecule has 12 rings (SSSR count). The van der Waals surface area contributed by atoms with Gasteiger partial charge in [-0.3, -0.25) is 0 Å². The lowest BCUT2D eigenvalue weighted by molar-refractivity contribution is 0.673. The number of fused-ring (bicyclic) bond motifs is 12. The Morgan fingerprint density at radius 2 is 1.00 bits per heavy atom. The van der Waals surface area contributed by atoms with Gasteiger partial charge >= 0.3 is 0 Å². The number of furan rings is 1. The summed E-state index contributed by atoms with van der Waals surface area (Å²) in [6, 6.07) is 72.6. The van der Waals surface area contributed by atoms with Crippen LogP contribution in [0.4, 0.5) is 17.1 Å². The minimum atomic E-state index is 0.861. The molecule has 266 valence electrons. The van der Waals surface area contributed by atoms with E-state index in [1.165, 1.54) is 58.2 Å². The van der Waals surface area contributed by atoms with Gasteiger partial charge in [-0.05, 0) is 80.0 Å². The first-order valence-corrected chi connectivity index (χ1v) is 20.2. The van der Waals surface area contributed by atoms with Crippen LogP contribution in [-0.4, -0.2) is 0 Å². The van der Waals surface area contributed by atoms with Gasteiger partial charge in [-0.25, -0.2) is 0 Å². The highest BCUT2D eigenvalue weighted by Gasteiger charge is 2.26. The average Bonchev–Trinajstić information content (AvgIpc) is 3.87. The number of hydrogen-bond acceptors (Lipinski definition) is 3. The Morgan fingerprint density at radius 1 is 0.368 bits per heavy atom. The molecule has 0 bridgehead atoms. The molecule has 57 heavy (non-hydrogen) atoms. The van der Waals surface area contributed by atoms with E-state index in [-0.39, 0.29) is 0 Å². The number of hydrogen-bond donors (Lipinski definition) is 0. The van der Waals surface area contributed by atoms with Crippen LogP contribution in [0, 0.1) is 0 Å². The minimum Gasteiger partial charge on any atom is -0.453 e. The Balaban J connectivity index is 1.16. The zero-order valence-electron chi connectivity index (χ0n) is 30.8. The maximum Gasteiger partial charge on any atom is 0.160 e. The van der Waals surface area contributed by atoms with Crippen LogP contribution in [-0.2, 0) is 0 Å². The van der Waals surface area contributed by atoms with Gasteiger partial charge in [-0.1, -0.05) is 164 Å². The summed E-state index contributed by atoms with van der Waals surface area (Å²) >= 11 is 1.87. The number of anilines is 3. The summed E-state index contributed by atoms with van der Waals surface area (Å²) in [7, 11) is 0. The van der Waals surface area contributed by atoms with E-state index in [9.17, 15) is 0 Å². The van der Waals surface area contributed by atoms with Crippen LogP contribution in [0.5, 0.6) is 0 Å². The van der Waals surface area contributed by atoms with Gasteiger partial charge in [-0.15, -0.1) is 11.3 Å². The molecule has 0 saturated carbocycles. The van der Waals surface area contributed by atoms with Crippen LogP contribution in [0.25, 0.3) is 96.7 Å². The number of nitrogens with zero attached hydrogens (tertiary/aromatic N) is 1. The first-order chi connectivity index (χ1) is 28.3. The second-order valence-corrected chi connectivity index (χ2v) is 15.8. The molecular weight excluding hydrogens is 711 g/mol. The third kappa shape index (κ3) is 4.96. The second kappa shape index (κ2) is 12.7. The number of rotatable bonds is 5. The maximum atomic E-state index is 7.31. The molecule has 0 N–H and O–H groups in total. The molecule has 0 fully saturated rings. The monoisotopic (exact) mass is 743 g/mol. The summed E-state index contributed by atoms with van der Waals surface area (Å²) in [4.78, 5) is 2.41.